The van der Waals surface area contributed by atoms with Crippen LogP contribution in [0.15, 0.2) is 12.4 Å². The van der Waals surface area contributed by atoms with E-state index in [9.17, 15) is 0 Å². The molecule has 1 N–H and O–H groups in total. The highest BCUT2D eigenvalue weighted by molar-refractivity contribution is 7.11. The Morgan fingerprint density at radius 1 is 1.32 bits per heavy atom. The van der Waals surface area contributed by atoms with Gasteiger partial charge < -0.3 is 5.32 Å². The molecule has 104 valence electrons. The third-order valence-electron chi connectivity index (χ3n) is 2.90. The second-order valence-electron chi connectivity index (χ2n) is 5.88. The highest BCUT2D eigenvalue weighted by Gasteiger charge is 2.21. The molecule has 19 heavy (non-hydrogen) atoms. The number of nitrogens with zero attached hydrogens (tertiary/aromatic N) is 3. The molecule has 0 atom stereocenters. The van der Waals surface area contributed by atoms with Crippen LogP contribution < -0.4 is 5.32 Å². The van der Waals surface area contributed by atoms with Crippen LogP contribution in [0.3, 0.4) is 0 Å². The molecule has 0 amide bonds. The second kappa shape index (κ2) is 5.43. The Hall–Kier alpha value is -1.20. The molecule has 0 bridgehead atoms. The number of aromatic nitrogens is 3. The van der Waals surface area contributed by atoms with E-state index in [-0.39, 0.29) is 5.41 Å². The molecular weight excluding hydrogens is 256 g/mol. The molecule has 0 aliphatic carbocycles. The van der Waals surface area contributed by atoms with Crippen LogP contribution in [0.25, 0.3) is 0 Å². The Morgan fingerprint density at radius 3 is 2.63 bits per heavy atom. The summed E-state index contributed by atoms with van der Waals surface area (Å²) < 4.78 is 1.90. The zero-order valence-corrected chi connectivity index (χ0v) is 13.1. The zero-order valence-electron chi connectivity index (χ0n) is 12.3. The van der Waals surface area contributed by atoms with Gasteiger partial charge in [0.25, 0.3) is 0 Å². The van der Waals surface area contributed by atoms with Gasteiger partial charge in [-0.3, -0.25) is 4.68 Å². The van der Waals surface area contributed by atoms with Gasteiger partial charge in [-0.25, -0.2) is 4.98 Å². The molecule has 0 unspecified atom stereocenters. The normalized spacial score (nSPS) is 12.1. The highest BCUT2D eigenvalue weighted by Crippen LogP contribution is 2.24. The molecule has 0 aliphatic rings. The van der Waals surface area contributed by atoms with Gasteiger partial charge in [0.05, 0.1) is 10.7 Å². The minimum atomic E-state index is 0.0827. The predicted molar refractivity (Wildman–Crippen MR) is 79.3 cm³/mol. The topological polar surface area (TPSA) is 42.7 Å². The van der Waals surface area contributed by atoms with Gasteiger partial charge in [-0.2, -0.15) is 5.10 Å². The summed E-state index contributed by atoms with van der Waals surface area (Å²) in [5.41, 5.74) is 2.53. The van der Waals surface area contributed by atoms with E-state index in [1.54, 1.807) is 11.3 Å². The van der Waals surface area contributed by atoms with Crippen LogP contribution >= 0.6 is 11.3 Å². The Balaban J connectivity index is 2.00. The van der Waals surface area contributed by atoms with Crippen molar-refractivity contribution in [2.75, 3.05) is 0 Å². The van der Waals surface area contributed by atoms with Crippen molar-refractivity contribution in [1.29, 1.82) is 0 Å². The van der Waals surface area contributed by atoms with Crippen LogP contribution in [0.2, 0.25) is 0 Å². The number of hydrogen-bond donors (Lipinski definition) is 1. The van der Waals surface area contributed by atoms with Crippen LogP contribution in [0.4, 0.5) is 0 Å². The van der Waals surface area contributed by atoms with E-state index in [1.165, 1.54) is 16.1 Å². The Morgan fingerprint density at radius 2 is 2.05 bits per heavy atom. The fraction of sp³-hybridized carbons (Fsp3) is 0.571. The summed E-state index contributed by atoms with van der Waals surface area (Å²) in [5, 5.41) is 9.17. The van der Waals surface area contributed by atoms with Gasteiger partial charge in [-0.05, 0) is 6.92 Å². The maximum absolute atomic E-state index is 4.58. The van der Waals surface area contributed by atoms with Crippen molar-refractivity contribution in [1.82, 2.24) is 20.1 Å². The Bertz CT molecular complexity index is 548. The molecule has 2 heterocycles. The molecule has 2 rings (SSSR count). The van der Waals surface area contributed by atoms with Crippen LogP contribution in [0, 0.1) is 6.92 Å². The quantitative estimate of drug-likeness (QED) is 0.935. The van der Waals surface area contributed by atoms with E-state index in [2.05, 4.69) is 42.4 Å². The molecular formula is C14H22N4S. The number of hydrogen-bond acceptors (Lipinski definition) is 4. The van der Waals surface area contributed by atoms with Crippen LogP contribution in [0.1, 0.15) is 41.9 Å². The maximum Gasteiger partial charge on any atom is 0.0897 e. The summed E-state index contributed by atoms with van der Waals surface area (Å²) in [6, 6.07) is 0. The summed E-state index contributed by atoms with van der Waals surface area (Å²) in [6.45, 7) is 10.3. The fourth-order valence-electron chi connectivity index (χ4n) is 2.11. The lowest BCUT2D eigenvalue weighted by Crippen LogP contribution is -2.18. The number of rotatable bonds is 4. The predicted octanol–water partition coefficient (Wildman–Crippen LogP) is 2.77. The lowest BCUT2D eigenvalue weighted by atomic mass is 9.89. The summed E-state index contributed by atoms with van der Waals surface area (Å²) in [5.74, 6) is 0. The van der Waals surface area contributed by atoms with Crippen LogP contribution in [-0.4, -0.2) is 14.8 Å². The highest BCUT2D eigenvalue weighted by atomic mass is 32.1. The summed E-state index contributed by atoms with van der Waals surface area (Å²) in [7, 11) is 1.98. The Labute approximate surface area is 118 Å². The minimum absolute atomic E-state index is 0.0827. The number of thiazole rings is 1. The van der Waals surface area contributed by atoms with Gasteiger partial charge in [0.1, 0.15) is 0 Å². The second-order valence-corrected chi connectivity index (χ2v) is 7.20. The van der Waals surface area contributed by atoms with Crippen molar-refractivity contribution >= 4 is 11.3 Å². The fourth-order valence-corrected chi connectivity index (χ4v) is 2.87. The first-order valence-corrected chi connectivity index (χ1v) is 7.33. The lowest BCUT2D eigenvalue weighted by Gasteiger charge is -2.17. The van der Waals surface area contributed by atoms with Gasteiger partial charge in [0.2, 0.25) is 0 Å². The van der Waals surface area contributed by atoms with Crippen molar-refractivity contribution in [2.45, 2.75) is 46.2 Å². The van der Waals surface area contributed by atoms with Crippen molar-refractivity contribution in [3.63, 3.8) is 0 Å². The van der Waals surface area contributed by atoms with Gasteiger partial charge >= 0.3 is 0 Å². The average Bonchev–Trinajstić information content (AvgIpc) is 2.85. The molecule has 2 aromatic heterocycles. The molecule has 2 aromatic rings. The standard InChI is InChI=1S/C14H22N4S/c1-10-16-8-12(19-10)7-15-6-11-9-18(5)17-13(11)14(2,3)4/h8-9,15H,6-7H2,1-5H3. The van der Waals surface area contributed by atoms with E-state index in [0.717, 1.165) is 18.1 Å². The van der Waals surface area contributed by atoms with Crippen LogP contribution in [0.5, 0.6) is 0 Å². The van der Waals surface area contributed by atoms with Crippen molar-refractivity contribution in [3.05, 3.63) is 33.5 Å². The SMILES string of the molecule is Cc1ncc(CNCc2cn(C)nc2C(C)(C)C)s1. The van der Waals surface area contributed by atoms with Crippen LogP contribution in [-0.2, 0) is 25.6 Å². The maximum atomic E-state index is 4.58. The first kappa shape index (κ1) is 14.2. The average molecular weight is 278 g/mol. The van der Waals surface area contributed by atoms with Crippen molar-refractivity contribution < 1.29 is 0 Å². The smallest absolute Gasteiger partial charge is 0.0897 e. The van der Waals surface area contributed by atoms with E-state index in [0.29, 0.717) is 0 Å². The zero-order chi connectivity index (χ0) is 14.0. The summed E-state index contributed by atoms with van der Waals surface area (Å²) in [6.07, 6.45) is 4.05. The van der Waals surface area contributed by atoms with Gasteiger partial charge in [-0.1, -0.05) is 20.8 Å². The van der Waals surface area contributed by atoms with Crippen molar-refractivity contribution in [3.8, 4) is 0 Å². The molecule has 0 aromatic carbocycles. The molecule has 0 radical (unpaired) electrons. The van der Waals surface area contributed by atoms with E-state index >= 15 is 0 Å². The van der Waals surface area contributed by atoms with Gasteiger partial charge in [0.15, 0.2) is 0 Å². The summed E-state index contributed by atoms with van der Waals surface area (Å²) >= 11 is 1.74. The Kier molecular flexibility index (Phi) is 4.06. The number of nitrogens with one attached hydrogen (secondary N) is 1. The molecule has 5 heteroatoms. The molecule has 0 spiro atoms. The molecule has 0 aliphatic heterocycles. The first-order valence-electron chi connectivity index (χ1n) is 6.51. The molecule has 0 fully saturated rings. The third kappa shape index (κ3) is 3.64. The molecule has 4 nitrogen and oxygen atoms in total. The van der Waals surface area contributed by atoms with E-state index in [4.69, 9.17) is 0 Å². The first-order chi connectivity index (χ1) is 8.86. The van der Waals surface area contributed by atoms with E-state index < -0.39 is 0 Å². The summed E-state index contributed by atoms with van der Waals surface area (Å²) in [4.78, 5) is 5.54. The third-order valence-corrected chi connectivity index (χ3v) is 3.81. The van der Waals surface area contributed by atoms with Gasteiger partial charge in [-0.15, -0.1) is 11.3 Å². The van der Waals surface area contributed by atoms with Crippen molar-refractivity contribution in [2.24, 2.45) is 7.05 Å². The molecule has 0 saturated carbocycles. The van der Waals surface area contributed by atoms with Gasteiger partial charge in [0, 0.05) is 48.4 Å². The monoisotopic (exact) mass is 278 g/mol. The minimum Gasteiger partial charge on any atom is -0.308 e. The largest absolute Gasteiger partial charge is 0.308 e. The van der Waals surface area contributed by atoms with E-state index in [1.807, 2.05) is 24.9 Å². The lowest BCUT2D eigenvalue weighted by molar-refractivity contribution is 0.543. The number of aryl methyl sites for hydroxylation is 2. The molecule has 0 saturated heterocycles.